The molecule has 0 saturated carbocycles. The van der Waals surface area contributed by atoms with E-state index < -0.39 is 0 Å². The number of nitrogens with two attached hydrogens (primary N) is 1. The zero-order valence-electron chi connectivity index (χ0n) is 15.0. The molecule has 2 heterocycles. The van der Waals surface area contributed by atoms with Gasteiger partial charge < -0.3 is 10.6 Å². The van der Waals surface area contributed by atoms with E-state index in [0.29, 0.717) is 17.9 Å². The van der Waals surface area contributed by atoms with Crippen LogP contribution in [0.5, 0.6) is 0 Å². The smallest absolute Gasteiger partial charge is 0.263 e. The minimum absolute atomic E-state index is 0.0970. The second kappa shape index (κ2) is 6.33. The molecule has 26 heavy (non-hydrogen) atoms. The van der Waals surface area contributed by atoms with E-state index >= 15 is 0 Å². The standard InChI is InChI=1S/C21H22N4O/c1-14(2)25-20(22)17(12-23-25)21(26)24-13-18(15-8-4-3-5-9-15)16-10-6-7-11-19(16)24/h3-12,14,18H,13,22H2,1-2H3/t18-/m1/s1. The van der Waals surface area contributed by atoms with Crippen molar-refractivity contribution in [2.24, 2.45) is 0 Å². The molecular weight excluding hydrogens is 324 g/mol. The van der Waals surface area contributed by atoms with Gasteiger partial charge in [-0.05, 0) is 31.0 Å². The normalized spacial score (nSPS) is 16.1. The van der Waals surface area contributed by atoms with Crippen molar-refractivity contribution in [3.05, 3.63) is 77.5 Å². The molecule has 1 aromatic heterocycles. The minimum Gasteiger partial charge on any atom is -0.383 e. The molecule has 132 valence electrons. The van der Waals surface area contributed by atoms with E-state index in [1.807, 2.05) is 55.1 Å². The lowest BCUT2D eigenvalue weighted by molar-refractivity contribution is 0.0989. The molecule has 0 spiro atoms. The number of carbonyl (C=O) groups is 1. The van der Waals surface area contributed by atoms with Crippen LogP contribution in [0.25, 0.3) is 0 Å². The summed E-state index contributed by atoms with van der Waals surface area (Å²) in [6.45, 7) is 4.59. The predicted molar refractivity (Wildman–Crippen MR) is 103 cm³/mol. The molecule has 0 unspecified atom stereocenters. The van der Waals surface area contributed by atoms with Crippen molar-refractivity contribution in [2.45, 2.75) is 25.8 Å². The maximum absolute atomic E-state index is 13.2. The van der Waals surface area contributed by atoms with Crippen LogP contribution in [-0.2, 0) is 0 Å². The number of fused-ring (bicyclic) bond motifs is 1. The van der Waals surface area contributed by atoms with Crippen LogP contribution in [-0.4, -0.2) is 22.2 Å². The van der Waals surface area contributed by atoms with Crippen LogP contribution in [0.2, 0.25) is 0 Å². The van der Waals surface area contributed by atoms with E-state index in [4.69, 9.17) is 5.73 Å². The monoisotopic (exact) mass is 346 g/mol. The maximum atomic E-state index is 13.2. The van der Waals surface area contributed by atoms with Crippen LogP contribution >= 0.6 is 0 Å². The molecule has 5 heteroatoms. The van der Waals surface area contributed by atoms with Gasteiger partial charge in [0.25, 0.3) is 5.91 Å². The Bertz CT molecular complexity index is 946. The molecule has 3 aromatic rings. The maximum Gasteiger partial charge on any atom is 0.263 e. The number of aromatic nitrogens is 2. The van der Waals surface area contributed by atoms with Crippen LogP contribution in [0.1, 0.15) is 47.3 Å². The van der Waals surface area contributed by atoms with Gasteiger partial charge in [-0.25, -0.2) is 4.68 Å². The van der Waals surface area contributed by atoms with Gasteiger partial charge in [0.15, 0.2) is 0 Å². The van der Waals surface area contributed by atoms with Gasteiger partial charge in [0.05, 0.1) is 6.20 Å². The number of amides is 1. The SMILES string of the molecule is CC(C)n1ncc(C(=O)N2C[C@H](c3ccccc3)c3ccccc32)c1N. The lowest BCUT2D eigenvalue weighted by Crippen LogP contribution is -2.30. The van der Waals surface area contributed by atoms with Gasteiger partial charge in [0.2, 0.25) is 0 Å². The summed E-state index contributed by atoms with van der Waals surface area (Å²) in [5, 5.41) is 4.29. The van der Waals surface area contributed by atoms with Crippen LogP contribution < -0.4 is 10.6 Å². The summed E-state index contributed by atoms with van der Waals surface area (Å²) in [4.78, 5) is 15.1. The fourth-order valence-electron chi connectivity index (χ4n) is 3.66. The van der Waals surface area contributed by atoms with Crippen molar-refractivity contribution < 1.29 is 4.79 Å². The van der Waals surface area contributed by atoms with Crippen molar-refractivity contribution in [3.63, 3.8) is 0 Å². The number of hydrogen-bond acceptors (Lipinski definition) is 3. The first-order valence-electron chi connectivity index (χ1n) is 8.86. The lowest BCUT2D eigenvalue weighted by Gasteiger charge is -2.18. The third-order valence-electron chi connectivity index (χ3n) is 4.97. The van der Waals surface area contributed by atoms with Crippen molar-refractivity contribution >= 4 is 17.4 Å². The number of hydrogen-bond donors (Lipinski definition) is 1. The van der Waals surface area contributed by atoms with Crippen molar-refractivity contribution in [1.82, 2.24) is 9.78 Å². The number of carbonyl (C=O) groups excluding carboxylic acids is 1. The Labute approximate surface area is 153 Å². The van der Waals surface area contributed by atoms with Crippen molar-refractivity contribution in [3.8, 4) is 0 Å². The summed E-state index contributed by atoms with van der Waals surface area (Å²) < 4.78 is 1.68. The molecule has 2 aromatic carbocycles. The molecule has 1 atom stereocenters. The minimum atomic E-state index is -0.0970. The van der Waals surface area contributed by atoms with E-state index in [9.17, 15) is 4.79 Å². The molecule has 1 amide bonds. The first-order chi connectivity index (χ1) is 12.6. The number of para-hydroxylation sites is 1. The summed E-state index contributed by atoms with van der Waals surface area (Å²) in [5.41, 5.74) is 9.98. The molecule has 1 aliphatic rings. The number of anilines is 2. The van der Waals surface area contributed by atoms with Crippen LogP contribution in [0, 0.1) is 0 Å². The predicted octanol–water partition coefficient (Wildman–Crippen LogP) is 3.84. The highest BCUT2D eigenvalue weighted by Gasteiger charge is 2.34. The van der Waals surface area contributed by atoms with E-state index in [-0.39, 0.29) is 17.9 Å². The highest BCUT2D eigenvalue weighted by atomic mass is 16.2. The Hall–Kier alpha value is -3.08. The van der Waals surface area contributed by atoms with E-state index in [2.05, 4.69) is 23.3 Å². The molecule has 0 fully saturated rings. The largest absolute Gasteiger partial charge is 0.383 e. The zero-order chi connectivity index (χ0) is 18.3. The number of nitrogens with zero attached hydrogens (tertiary/aromatic N) is 3. The summed E-state index contributed by atoms with van der Waals surface area (Å²) in [6, 6.07) is 18.5. The highest BCUT2D eigenvalue weighted by Crippen LogP contribution is 2.40. The Morgan fingerprint density at radius 2 is 1.81 bits per heavy atom. The molecule has 0 bridgehead atoms. The Morgan fingerprint density at radius 3 is 2.50 bits per heavy atom. The van der Waals surface area contributed by atoms with E-state index in [1.54, 1.807) is 10.9 Å². The van der Waals surface area contributed by atoms with Gasteiger partial charge >= 0.3 is 0 Å². The summed E-state index contributed by atoms with van der Waals surface area (Å²) >= 11 is 0. The highest BCUT2D eigenvalue weighted by molar-refractivity contribution is 6.10. The second-order valence-electron chi connectivity index (χ2n) is 6.92. The summed E-state index contributed by atoms with van der Waals surface area (Å²) in [5.74, 6) is 0.489. The van der Waals surface area contributed by atoms with Crippen LogP contribution in [0.15, 0.2) is 60.8 Å². The topological polar surface area (TPSA) is 64.2 Å². The van der Waals surface area contributed by atoms with Gasteiger partial charge in [-0.15, -0.1) is 0 Å². The molecule has 5 nitrogen and oxygen atoms in total. The third-order valence-corrected chi connectivity index (χ3v) is 4.97. The number of benzene rings is 2. The molecule has 0 aliphatic carbocycles. The van der Waals surface area contributed by atoms with Gasteiger partial charge in [-0.1, -0.05) is 48.5 Å². The first kappa shape index (κ1) is 16.4. The van der Waals surface area contributed by atoms with Crippen molar-refractivity contribution in [1.29, 1.82) is 0 Å². The second-order valence-corrected chi connectivity index (χ2v) is 6.92. The quantitative estimate of drug-likeness (QED) is 0.784. The zero-order valence-corrected chi connectivity index (χ0v) is 15.0. The lowest BCUT2D eigenvalue weighted by atomic mass is 9.93. The molecule has 4 rings (SSSR count). The Balaban J connectivity index is 1.73. The molecule has 1 aliphatic heterocycles. The molecule has 2 N–H and O–H groups in total. The Morgan fingerprint density at radius 1 is 1.12 bits per heavy atom. The van der Waals surface area contributed by atoms with Gasteiger partial charge in [0.1, 0.15) is 11.4 Å². The Kier molecular flexibility index (Phi) is 3.99. The van der Waals surface area contributed by atoms with Crippen LogP contribution in [0.3, 0.4) is 0 Å². The van der Waals surface area contributed by atoms with Gasteiger partial charge in [-0.2, -0.15) is 5.10 Å². The fraction of sp³-hybridized carbons (Fsp3) is 0.238. The molecular formula is C21H22N4O. The van der Waals surface area contributed by atoms with Crippen LogP contribution in [0.4, 0.5) is 11.5 Å². The van der Waals surface area contributed by atoms with E-state index in [0.717, 1.165) is 5.69 Å². The average molecular weight is 346 g/mol. The summed E-state index contributed by atoms with van der Waals surface area (Å²) in [6.07, 6.45) is 1.58. The fourth-order valence-corrected chi connectivity index (χ4v) is 3.66. The summed E-state index contributed by atoms with van der Waals surface area (Å²) in [7, 11) is 0. The van der Waals surface area contributed by atoms with Gasteiger partial charge in [0, 0.05) is 24.2 Å². The average Bonchev–Trinajstić information content (AvgIpc) is 3.23. The third kappa shape index (κ3) is 2.56. The first-order valence-corrected chi connectivity index (χ1v) is 8.86. The molecule has 0 saturated heterocycles. The number of rotatable bonds is 3. The van der Waals surface area contributed by atoms with Crippen molar-refractivity contribution in [2.75, 3.05) is 17.2 Å². The van der Waals surface area contributed by atoms with E-state index in [1.165, 1.54) is 11.1 Å². The van der Waals surface area contributed by atoms with Gasteiger partial charge in [-0.3, -0.25) is 4.79 Å². The molecule has 0 radical (unpaired) electrons. The number of nitrogen functional groups attached to an aromatic ring is 1.